The Labute approximate surface area is 95.0 Å². The van der Waals surface area contributed by atoms with Crippen molar-refractivity contribution in [2.75, 3.05) is 19.0 Å². The van der Waals surface area contributed by atoms with Crippen molar-refractivity contribution in [1.29, 1.82) is 0 Å². The zero-order valence-corrected chi connectivity index (χ0v) is 10.0. The minimum Gasteiger partial charge on any atom is -0.383 e. The van der Waals surface area contributed by atoms with Crippen LogP contribution in [0.3, 0.4) is 0 Å². The van der Waals surface area contributed by atoms with E-state index in [1.54, 1.807) is 7.11 Å². The molecule has 1 rings (SSSR count). The molecule has 0 spiro atoms. The third kappa shape index (κ3) is 4.01. The smallest absolute Gasteiger partial charge is 0.224 e. The fourth-order valence-electron chi connectivity index (χ4n) is 1.28. The zero-order chi connectivity index (χ0) is 11.3. The van der Waals surface area contributed by atoms with Gasteiger partial charge in [0.05, 0.1) is 12.6 Å². The van der Waals surface area contributed by atoms with Crippen LogP contribution in [0.5, 0.6) is 0 Å². The summed E-state index contributed by atoms with van der Waals surface area (Å²) in [5.41, 5.74) is 0.852. The molecule has 0 aromatic carbocycles. The number of aromatic nitrogens is 2. The Morgan fingerprint density at radius 2 is 2.27 bits per heavy atom. The molecule has 15 heavy (non-hydrogen) atoms. The molecular formula is C10H16ClN3O. The summed E-state index contributed by atoms with van der Waals surface area (Å²) in [5, 5.41) is 3.52. The van der Waals surface area contributed by atoms with Crippen LogP contribution in [-0.4, -0.2) is 29.7 Å². The molecule has 1 N–H and O–H groups in total. The Kier molecular flexibility index (Phi) is 4.78. The predicted octanol–water partition coefficient (Wildman–Crippen LogP) is 2.28. The largest absolute Gasteiger partial charge is 0.383 e. The van der Waals surface area contributed by atoms with E-state index >= 15 is 0 Å². The van der Waals surface area contributed by atoms with Gasteiger partial charge in [-0.15, -0.1) is 0 Å². The van der Waals surface area contributed by atoms with Crippen molar-refractivity contribution in [3.05, 3.63) is 17.0 Å². The Bertz CT molecular complexity index is 299. The van der Waals surface area contributed by atoms with Crippen LogP contribution in [-0.2, 0) is 4.74 Å². The van der Waals surface area contributed by atoms with Gasteiger partial charge in [-0.1, -0.05) is 6.92 Å². The van der Waals surface area contributed by atoms with Gasteiger partial charge in [-0.2, -0.15) is 0 Å². The van der Waals surface area contributed by atoms with E-state index in [1.165, 1.54) is 0 Å². The van der Waals surface area contributed by atoms with Gasteiger partial charge in [0.1, 0.15) is 5.82 Å². The van der Waals surface area contributed by atoms with E-state index in [0.29, 0.717) is 6.61 Å². The minimum absolute atomic E-state index is 0.250. The van der Waals surface area contributed by atoms with Gasteiger partial charge in [0, 0.05) is 18.9 Å². The van der Waals surface area contributed by atoms with Gasteiger partial charge < -0.3 is 10.1 Å². The fourth-order valence-corrected chi connectivity index (χ4v) is 1.50. The first kappa shape index (κ1) is 12.2. The van der Waals surface area contributed by atoms with Crippen LogP contribution in [0, 0.1) is 6.92 Å². The van der Waals surface area contributed by atoms with E-state index in [0.717, 1.165) is 17.9 Å². The molecule has 0 bridgehead atoms. The third-order valence-electron chi connectivity index (χ3n) is 2.04. The van der Waals surface area contributed by atoms with E-state index < -0.39 is 0 Å². The van der Waals surface area contributed by atoms with E-state index in [4.69, 9.17) is 16.3 Å². The predicted molar refractivity (Wildman–Crippen MR) is 61.4 cm³/mol. The second-order valence-electron chi connectivity index (χ2n) is 3.37. The number of anilines is 1. The summed E-state index contributed by atoms with van der Waals surface area (Å²) in [7, 11) is 1.68. The van der Waals surface area contributed by atoms with Crippen LogP contribution in [0.1, 0.15) is 19.0 Å². The van der Waals surface area contributed by atoms with Crippen molar-refractivity contribution in [3.63, 3.8) is 0 Å². The van der Waals surface area contributed by atoms with Crippen molar-refractivity contribution in [2.24, 2.45) is 0 Å². The van der Waals surface area contributed by atoms with Gasteiger partial charge in [0.2, 0.25) is 5.28 Å². The highest BCUT2D eigenvalue weighted by atomic mass is 35.5. The minimum atomic E-state index is 0.250. The maximum absolute atomic E-state index is 5.76. The Balaban J connectivity index is 2.69. The second kappa shape index (κ2) is 5.88. The summed E-state index contributed by atoms with van der Waals surface area (Å²) in [6, 6.07) is 2.12. The normalized spacial score (nSPS) is 12.5. The summed E-state index contributed by atoms with van der Waals surface area (Å²) < 4.78 is 5.09. The lowest BCUT2D eigenvalue weighted by Crippen LogP contribution is -2.24. The van der Waals surface area contributed by atoms with E-state index in [1.807, 2.05) is 13.0 Å². The molecule has 0 aliphatic carbocycles. The van der Waals surface area contributed by atoms with E-state index in [9.17, 15) is 0 Å². The first-order valence-electron chi connectivity index (χ1n) is 4.92. The monoisotopic (exact) mass is 229 g/mol. The van der Waals surface area contributed by atoms with Crippen molar-refractivity contribution in [1.82, 2.24) is 9.97 Å². The average Bonchev–Trinajstić information content (AvgIpc) is 2.15. The first-order chi connectivity index (χ1) is 7.15. The molecule has 0 amide bonds. The number of nitrogens with zero attached hydrogens (tertiary/aromatic N) is 2. The molecule has 1 atom stereocenters. The number of methoxy groups -OCH3 is 1. The molecule has 0 radical (unpaired) electrons. The molecule has 0 saturated carbocycles. The van der Waals surface area contributed by atoms with Crippen LogP contribution in [0.25, 0.3) is 0 Å². The fraction of sp³-hybridized carbons (Fsp3) is 0.600. The lowest BCUT2D eigenvalue weighted by molar-refractivity contribution is 0.184. The number of hydrogen-bond acceptors (Lipinski definition) is 4. The molecule has 5 heteroatoms. The molecule has 0 fully saturated rings. The molecule has 1 heterocycles. The molecule has 4 nitrogen and oxygen atoms in total. The lowest BCUT2D eigenvalue weighted by atomic mass is 10.2. The van der Waals surface area contributed by atoms with Crippen molar-refractivity contribution in [3.8, 4) is 0 Å². The summed E-state index contributed by atoms with van der Waals surface area (Å²) >= 11 is 5.76. The summed E-state index contributed by atoms with van der Waals surface area (Å²) in [5.74, 6) is 0.747. The summed E-state index contributed by atoms with van der Waals surface area (Å²) in [6.45, 7) is 4.62. The Morgan fingerprint density at radius 3 is 2.80 bits per heavy atom. The van der Waals surface area contributed by atoms with Crippen LogP contribution >= 0.6 is 11.6 Å². The molecule has 0 saturated heterocycles. The molecule has 84 valence electrons. The van der Waals surface area contributed by atoms with Gasteiger partial charge in [0.25, 0.3) is 0 Å². The molecule has 1 aromatic heterocycles. The Hall–Kier alpha value is -0.870. The van der Waals surface area contributed by atoms with Gasteiger partial charge in [-0.3, -0.25) is 0 Å². The zero-order valence-electron chi connectivity index (χ0n) is 9.25. The standard InChI is InChI=1S/C10H16ClN3O/c1-4-8(6-15-3)13-9-5-7(2)12-10(11)14-9/h5,8H,4,6H2,1-3H3,(H,12,13,14). The molecule has 0 aliphatic heterocycles. The number of halogens is 1. The van der Waals surface area contributed by atoms with Crippen LogP contribution in [0.4, 0.5) is 5.82 Å². The van der Waals surface area contributed by atoms with Gasteiger partial charge in [-0.25, -0.2) is 9.97 Å². The average molecular weight is 230 g/mol. The quantitative estimate of drug-likeness (QED) is 0.787. The third-order valence-corrected chi connectivity index (χ3v) is 2.21. The maximum atomic E-state index is 5.76. The van der Waals surface area contributed by atoms with Crippen LogP contribution in [0.15, 0.2) is 6.07 Å². The summed E-state index contributed by atoms with van der Waals surface area (Å²) in [4.78, 5) is 8.09. The second-order valence-corrected chi connectivity index (χ2v) is 3.71. The van der Waals surface area contributed by atoms with E-state index in [2.05, 4.69) is 22.2 Å². The number of hydrogen-bond donors (Lipinski definition) is 1. The summed E-state index contributed by atoms with van der Waals surface area (Å²) in [6.07, 6.45) is 0.967. The number of rotatable bonds is 5. The van der Waals surface area contributed by atoms with E-state index in [-0.39, 0.29) is 11.3 Å². The van der Waals surface area contributed by atoms with Gasteiger partial charge in [-0.05, 0) is 24.9 Å². The molecule has 1 unspecified atom stereocenters. The van der Waals surface area contributed by atoms with Crippen LogP contribution in [0.2, 0.25) is 5.28 Å². The number of nitrogens with one attached hydrogen (secondary N) is 1. The van der Waals surface area contributed by atoms with Crippen molar-refractivity contribution in [2.45, 2.75) is 26.3 Å². The maximum Gasteiger partial charge on any atom is 0.224 e. The van der Waals surface area contributed by atoms with Crippen LogP contribution < -0.4 is 5.32 Å². The molecule has 0 aliphatic rings. The highest BCUT2D eigenvalue weighted by molar-refractivity contribution is 6.28. The Morgan fingerprint density at radius 1 is 1.53 bits per heavy atom. The van der Waals surface area contributed by atoms with Crippen molar-refractivity contribution < 1.29 is 4.74 Å². The first-order valence-corrected chi connectivity index (χ1v) is 5.30. The topological polar surface area (TPSA) is 47.0 Å². The SMILES string of the molecule is CCC(COC)Nc1cc(C)nc(Cl)n1. The number of aryl methyl sites for hydroxylation is 1. The number of ether oxygens (including phenoxy) is 1. The highest BCUT2D eigenvalue weighted by Crippen LogP contribution is 2.11. The highest BCUT2D eigenvalue weighted by Gasteiger charge is 2.07. The molecule has 1 aromatic rings. The van der Waals surface area contributed by atoms with Gasteiger partial charge >= 0.3 is 0 Å². The van der Waals surface area contributed by atoms with Gasteiger partial charge in [0.15, 0.2) is 0 Å². The lowest BCUT2D eigenvalue weighted by Gasteiger charge is -2.16. The van der Waals surface area contributed by atoms with Crippen molar-refractivity contribution >= 4 is 17.4 Å². The molecular weight excluding hydrogens is 214 g/mol.